The maximum atomic E-state index is 5.73. The summed E-state index contributed by atoms with van der Waals surface area (Å²) < 4.78 is 0.915. The first-order chi connectivity index (χ1) is 5.11. The van der Waals surface area contributed by atoms with E-state index in [1.807, 2.05) is 0 Å². The first-order valence-electron chi connectivity index (χ1n) is 2.77. The monoisotopic (exact) mass is 210 g/mol. The largest absolute Gasteiger partial charge is 0.232 e. The lowest BCUT2D eigenvalue weighted by atomic mass is 10.3. The van der Waals surface area contributed by atoms with Crippen molar-refractivity contribution in [1.82, 2.24) is 0 Å². The third kappa shape index (κ3) is 2.14. The van der Waals surface area contributed by atoms with Gasteiger partial charge < -0.3 is 0 Å². The summed E-state index contributed by atoms with van der Waals surface area (Å²) in [6.07, 6.45) is 0. The summed E-state index contributed by atoms with van der Waals surface area (Å²) in [5.74, 6) is 5.24. The number of rotatable bonds is 1. The van der Waals surface area contributed by atoms with Crippen molar-refractivity contribution in [3.05, 3.63) is 28.2 Å². The van der Waals surface area contributed by atoms with E-state index in [0.717, 1.165) is 4.53 Å². The van der Waals surface area contributed by atoms with Crippen LogP contribution in [0, 0.1) is 0 Å². The molecule has 0 amide bonds. The van der Waals surface area contributed by atoms with Crippen LogP contribution < -0.4 is 10.4 Å². The van der Waals surface area contributed by atoms with Gasteiger partial charge in [0.1, 0.15) is 0 Å². The third-order valence-electron chi connectivity index (χ3n) is 1.14. The van der Waals surface area contributed by atoms with Gasteiger partial charge in [-0.15, -0.1) is 0 Å². The van der Waals surface area contributed by atoms with Crippen molar-refractivity contribution in [2.75, 3.05) is 4.53 Å². The molecule has 0 radical (unpaired) electrons. The molecule has 0 atom stereocenters. The van der Waals surface area contributed by atoms with Gasteiger partial charge in [-0.05, 0) is 18.2 Å². The number of halogens is 3. The van der Waals surface area contributed by atoms with Crippen LogP contribution in [0.3, 0.4) is 0 Å². The van der Waals surface area contributed by atoms with E-state index in [9.17, 15) is 0 Å². The maximum absolute atomic E-state index is 5.73. The Balaban J connectivity index is 3.09. The van der Waals surface area contributed by atoms with E-state index in [2.05, 4.69) is 0 Å². The van der Waals surface area contributed by atoms with E-state index in [1.165, 1.54) is 0 Å². The highest BCUT2D eigenvalue weighted by atomic mass is 35.5. The van der Waals surface area contributed by atoms with E-state index >= 15 is 0 Å². The third-order valence-corrected chi connectivity index (χ3v) is 1.86. The van der Waals surface area contributed by atoms with Gasteiger partial charge in [0.05, 0.1) is 10.7 Å². The van der Waals surface area contributed by atoms with Crippen molar-refractivity contribution >= 4 is 40.7 Å². The number of anilines is 1. The summed E-state index contributed by atoms with van der Waals surface area (Å²) in [5.41, 5.74) is 0.526. The fraction of sp³-hybridized carbons (Fsp3) is 0. The molecule has 11 heavy (non-hydrogen) atoms. The van der Waals surface area contributed by atoms with Crippen molar-refractivity contribution in [2.24, 2.45) is 5.84 Å². The zero-order valence-corrected chi connectivity index (χ0v) is 7.66. The molecular formula is C6H5Cl3N2. The highest BCUT2D eigenvalue weighted by Crippen LogP contribution is 2.27. The highest BCUT2D eigenvalue weighted by molar-refractivity contribution is 6.38. The van der Waals surface area contributed by atoms with Gasteiger partial charge >= 0.3 is 0 Å². The van der Waals surface area contributed by atoms with E-state index < -0.39 is 0 Å². The zero-order chi connectivity index (χ0) is 8.43. The SMILES string of the molecule is NN(Cl)c1ccc(Cl)cc1Cl. The van der Waals surface area contributed by atoms with Crippen LogP contribution in [0.1, 0.15) is 0 Å². The van der Waals surface area contributed by atoms with Crippen molar-refractivity contribution in [2.45, 2.75) is 0 Å². The summed E-state index contributed by atoms with van der Waals surface area (Å²) in [6, 6.07) is 4.86. The first kappa shape index (κ1) is 8.94. The molecule has 0 aliphatic carbocycles. The molecule has 60 valence electrons. The number of hydrogen-bond acceptors (Lipinski definition) is 2. The predicted octanol–water partition coefficient (Wildman–Crippen LogP) is 2.83. The van der Waals surface area contributed by atoms with Gasteiger partial charge in [0.2, 0.25) is 0 Å². The molecule has 1 rings (SSSR count). The van der Waals surface area contributed by atoms with Crippen LogP contribution >= 0.6 is 35.0 Å². The molecule has 0 fully saturated rings. The lowest BCUT2D eigenvalue weighted by Crippen LogP contribution is -2.18. The fourth-order valence-corrected chi connectivity index (χ4v) is 1.34. The summed E-state index contributed by atoms with van der Waals surface area (Å²) in [7, 11) is 0. The normalized spacial score (nSPS) is 9.82. The lowest BCUT2D eigenvalue weighted by Gasteiger charge is -2.09. The van der Waals surface area contributed by atoms with Crippen molar-refractivity contribution in [1.29, 1.82) is 0 Å². The van der Waals surface area contributed by atoms with E-state index in [1.54, 1.807) is 18.2 Å². The van der Waals surface area contributed by atoms with Crippen molar-refractivity contribution in [3.63, 3.8) is 0 Å². The molecular weight excluding hydrogens is 206 g/mol. The number of benzene rings is 1. The molecule has 2 nitrogen and oxygen atoms in total. The summed E-state index contributed by atoms with van der Waals surface area (Å²) in [4.78, 5) is 0. The topological polar surface area (TPSA) is 29.3 Å². The fourth-order valence-electron chi connectivity index (χ4n) is 0.655. The maximum Gasteiger partial charge on any atom is 0.0890 e. The molecule has 2 N–H and O–H groups in total. The highest BCUT2D eigenvalue weighted by Gasteiger charge is 2.03. The molecule has 0 aliphatic rings. The van der Waals surface area contributed by atoms with Gasteiger partial charge in [-0.1, -0.05) is 23.2 Å². The zero-order valence-electron chi connectivity index (χ0n) is 5.39. The number of nitrogens with zero attached hydrogens (tertiary/aromatic N) is 1. The quantitative estimate of drug-likeness (QED) is 0.440. The Morgan fingerprint density at radius 3 is 2.36 bits per heavy atom. The van der Waals surface area contributed by atoms with Crippen LogP contribution in [0.4, 0.5) is 5.69 Å². The second-order valence-electron chi connectivity index (χ2n) is 1.91. The van der Waals surface area contributed by atoms with Crippen molar-refractivity contribution < 1.29 is 0 Å². The summed E-state index contributed by atoms with van der Waals surface area (Å²) in [6.45, 7) is 0. The smallest absolute Gasteiger partial charge is 0.0890 e. The molecule has 0 saturated heterocycles. The van der Waals surface area contributed by atoms with Gasteiger partial charge in [0, 0.05) is 16.8 Å². The minimum absolute atomic E-state index is 0.426. The molecule has 1 aromatic carbocycles. The van der Waals surface area contributed by atoms with Crippen LogP contribution in [0.15, 0.2) is 18.2 Å². The molecule has 0 aromatic heterocycles. The second-order valence-corrected chi connectivity index (χ2v) is 3.11. The Morgan fingerprint density at radius 2 is 1.91 bits per heavy atom. The van der Waals surface area contributed by atoms with E-state index in [4.69, 9.17) is 40.8 Å². The summed E-state index contributed by atoms with van der Waals surface area (Å²) in [5, 5.41) is 0.979. The molecule has 0 saturated carbocycles. The number of hydrogen-bond donors (Lipinski definition) is 1. The van der Waals surface area contributed by atoms with Gasteiger partial charge in [0.25, 0.3) is 0 Å². The average Bonchev–Trinajstić information content (AvgIpc) is 1.85. The Kier molecular flexibility index (Phi) is 2.84. The standard InChI is InChI=1S/C6H5Cl3N2/c7-4-1-2-6(11(9)10)5(8)3-4/h1-3H,10H2. The molecule has 1 aromatic rings. The molecule has 5 heteroatoms. The van der Waals surface area contributed by atoms with Gasteiger partial charge in [-0.2, -0.15) is 0 Å². The van der Waals surface area contributed by atoms with Gasteiger partial charge in [0.15, 0.2) is 0 Å². The Labute approximate surface area is 79.5 Å². The lowest BCUT2D eigenvalue weighted by molar-refractivity contribution is 1.19. The minimum atomic E-state index is 0.426. The molecule has 0 aliphatic heterocycles. The number of nitrogens with two attached hydrogens (primary N) is 1. The van der Waals surface area contributed by atoms with E-state index in [-0.39, 0.29) is 0 Å². The molecule has 0 bridgehead atoms. The number of hydrazine groups is 1. The van der Waals surface area contributed by atoms with Gasteiger partial charge in [-0.3, -0.25) is 0 Å². The minimum Gasteiger partial charge on any atom is -0.232 e. The van der Waals surface area contributed by atoms with Gasteiger partial charge in [-0.25, -0.2) is 10.4 Å². The molecule has 0 spiro atoms. The average molecular weight is 211 g/mol. The predicted molar refractivity (Wildman–Crippen MR) is 49.0 cm³/mol. The Hall–Kier alpha value is -0.150. The molecule has 0 heterocycles. The van der Waals surface area contributed by atoms with Crippen LogP contribution in [0.5, 0.6) is 0 Å². The van der Waals surface area contributed by atoms with Crippen molar-refractivity contribution in [3.8, 4) is 0 Å². The van der Waals surface area contributed by atoms with Crippen LogP contribution in [0.2, 0.25) is 10.0 Å². The first-order valence-corrected chi connectivity index (χ1v) is 3.86. The van der Waals surface area contributed by atoms with Crippen LogP contribution in [0.25, 0.3) is 0 Å². The van der Waals surface area contributed by atoms with E-state index in [0.29, 0.717) is 15.7 Å². The summed E-state index contributed by atoms with van der Waals surface area (Å²) >= 11 is 16.8. The van der Waals surface area contributed by atoms with Crippen LogP contribution in [-0.2, 0) is 0 Å². The second kappa shape index (κ2) is 3.50. The van der Waals surface area contributed by atoms with Crippen LogP contribution in [-0.4, -0.2) is 0 Å². The molecule has 0 unspecified atom stereocenters. The Morgan fingerprint density at radius 1 is 1.27 bits per heavy atom. The Bertz CT molecular complexity index is 262.